The summed E-state index contributed by atoms with van der Waals surface area (Å²) < 4.78 is 12.5. The molecule has 2 N–H and O–H groups in total. The van der Waals surface area contributed by atoms with Crippen molar-refractivity contribution >= 4 is 24.0 Å². The van der Waals surface area contributed by atoms with Gasteiger partial charge in [-0.2, -0.15) is 4.68 Å². The normalized spacial score (nSPS) is 19.2. The molecule has 2 aliphatic rings. The SMILES string of the molecule is COc1ccc(NC(=O)CC2COCCN2)cc1-n1nnnc1C1CC1.Cl. The number of tetrazole rings is 1. The summed E-state index contributed by atoms with van der Waals surface area (Å²) in [7, 11) is 1.60. The van der Waals surface area contributed by atoms with Crippen LogP contribution in [-0.2, 0) is 9.53 Å². The van der Waals surface area contributed by atoms with Crippen LogP contribution in [0.15, 0.2) is 18.2 Å². The molecule has 2 aromatic rings. The zero-order chi connectivity index (χ0) is 17.9. The van der Waals surface area contributed by atoms with Crippen LogP contribution < -0.4 is 15.4 Å². The second kappa shape index (κ2) is 8.64. The highest BCUT2D eigenvalue weighted by molar-refractivity contribution is 5.91. The van der Waals surface area contributed by atoms with Crippen LogP contribution in [0.1, 0.15) is 31.0 Å². The molecule has 4 rings (SSSR count). The number of amides is 1. The maximum absolute atomic E-state index is 12.3. The Morgan fingerprint density at radius 2 is 2.30 bits per heavy atom. The van der Waals surface area contributed by atoms with Crippen molar-refractivity contribution in [3.8, 4) is 11.4 Å². The zero-order valence-electron chi connectivity index (χ0n) is 15.1. The number of halogens is 1. The number of hydrogen-bond acceptors (Lipinski definition) is 7. The molecule has 1 aromatic carbocycles. The highest BCUT2D eigenvalue weighted by Gasteiger charge is 2.30. The summed E-state index contributed by atoms with van der Waals surface area (Å²) in [6.07, 6.45) is 2.55. The summed E-state index contributed by atoms with van der Waals surface area (Å²) in [4.78, 5) is 12.3. The van der Waals surface area contributed by atoms with Gasteiger partial charge in [0.1, 0.15) is 11.4 Å². The number of ether oxygens (including phenoxy) is 2. The number of morpholine rings is 1. The quantitative estimate of drug-likeness (QED) is 0.760. The number of nitrogens with one attached hydrogen (secondary N) is 2. The standard InChI is InChI=1S/C17H22N6O3.ClH/c1-25-15-5-4-12(19-16(24)9-13-10-26-7-6-18-13)8-14(15)23-17(11-2-3-11)20-21-22-23;/h4-5,8,11,13,18H,2-3,6-7,9-10H2,1H3,(H,19,24);1H. The van der Waals surface area contributed by atoms with Crippen LogP contribution in [-0.4, -0.2) is 59.0 Å². The van der Waals surface area contributed by atoms with Crippen molar-refractivity contribution in [2.45, 2.75) is 31.2 Å². The third kappa shape index (κ3) is 4.55. The van der Waals surface area contributed by atoms with Gasteiger partial charge in [-0.3, -0.25) is 4.79 Å². The number of benzene rings is 1. The number of rotatable bonds is 6. The van der Waals surface area contributed by atoms with Crippen molar-refractivity contribution in [1.29, 1.82) is 0 Å². The van der Waals surface area contributed by atoms with Gasteiger partial charge in [0.15, 0.2) is 5.82 Å². The average molecular weight is 395 g/mol. The van der Waals surface area contributed by atoms with Gasteiger partial charge >= 0.3 is 0 Å². The molecular weight excluding hydrogens is 372 g/mol. The fourth-order valence-corrected chi connectivity index (χ4v) is 3.08. The molecule has 1 aliphatic carbocycles. The molecule has 1 saturated carbocycles. The Labute approximate surface area is 163 Å². The van der Waals surface area contributed by atoms with Crippen molar-refractivity contribution in [3.05, 3.63) is 24.0 Å². The number of methoxy groups -OCH3 is 1. The predicted octanol–water partition coefficient (Wildman–Crippen LogP) is 1.29. The molecule has 10 heteroatoms. The largest absolute Gasteiger partial charge is 0.494 e. The second-order valence-electron chi connectivity index (χ2n) is 6.59. The van der Waals surface area contributed by atoms with E-state index in [4.69, 9.17) is 9.47 Å². The maximum atomic E-state index is 12.3. The topological polar surface area (TPSA) is 103 Å². The first-order valence-corrected chi connectivity index (χ1v) is 8.82. The second-order valence-corrected chi connectivity index (χ2v) is 6.59. The van der Waals surface area contributed by atoms with E-state index >= 15 is 0 Å². The Morgan fingerprint density at radius 1 is 1.44 bits per heavy atom. The molecule has 2 fully saturated rings. The van der Waals surface area contributed by atoms with Crippen molar-refractivity contribution in [3.63, 3.8) is 0 Å². The van der Waals surface area contributed by atoms with Gasteiger partial charge < -0.3 is 20.1 Å². The van der Waals surface area contributed by atoms with Gasteiger partial charge in [-0.15, -0.1) is 17.5 Å². The molecule has 9 nitrogen and oxygen atoms in total. The number of hydrogen-bond donors (Lipinski definition) is 2. The lowest BCUT2D eigenvalue weighted by atomic mass is 10.2. The van der Waals surface area contributed by atoms with Crippen LogP contribution >= 0.6 is 12.4 Å². The minimum Gasteiger partial charge on any atom is -0.494 e. The monoisotopic (exact) mass is 394 g/mol. The molecule has 0 bridgehead atoms. The summed E-state index contributed by atoms with van der Waals surface area (Å²) in [6.45, 7) is 2.01. The van der Waals surface area contributed by atoms with Gasteiger partial charge in [-0.05, 0) is 41.5 Å². The third-order valence-corrected chi connectivity index (χ3v) is 4.56. The molecule has 0 radical (unpaired) electrons. The fourth-order valence-electron chi connectivity index (χ4n) is 3.08. The molecule has 2 heterocycles. The van der Waals surface area contributed by atoms with E-state index in [0.29, 0.717) is 37.0 Å². The minimum atomic E-state index is -0.0664. The summed E-state index contributed by atoms with van der Waals surface area (Å²) in [6, 6.07) is 5.50. The van der Waals surface area contributed by atoms with Crippen LogP contribution in [0.25, 0.3) is 5.69 Å². The van der Waals surface area contributed by atoms with E-state index in [-0.39, 0.29) is 24.4 Å². The predicted molar refractivity (Wildman–Crippen MR) is 101 cm³/mol. The van der Waals surface area contributed by atoms with Crippen molar-refractivity contribution in [1.82, 2.24) is 25.5 Å². The zero-order valence-corrected chi connectivity index (χ0v) is 15.9. The van der Waals surface area contributed by atoms with Crippen LogP contribution in [0.5, 0.6) is 5.75 Å². The van der Waals surface area contributed by atoms with Gasteiger partial charge in [0.25, 0.3) is 0 Å². The summed E-state index contributed by atoms with van der Waals surface area (Å²) >= 11 is 0. The number of carbonyl (C=O) groups excluding carboxylic acids is 1. The molecular formula is C17H23ClN6O3. The number of anilines is 1. The van der Waals surface area contributed by atoms with E-state index in [2.05, 4.69) is 26.2 Å². The van der Waals surface area contributed by atoms with E-state index in [1.165, 1.54) is 0 Å². The lowest BCUT2D eigenvalue weighted by Gasteiger charge is -2.23. The smallest absolute Gasteiger partial charge is 0.226 e. The molecule has 1 amide bonds. The van der Waals surface area contributed by atoms with E-state index in [9.17, 15) is 4.79 Å². The van der Waals surface area contributed by atoms with Crippen molar-refractivity contribution < 1.29 is 14.3 Å². The van der Waals surface area contributed by atoms with Crippen LogP contribution in [0.3, 0.4) is 0 Å². The maximum Gasteiger partial charge on any atom is 0.226 e. The Hall–Kier alpha value is -2.23. The molecule has 146 valence electrons. The molecule has 0 spiro atoms. The minimum absolute atomic E-state index is 0. The Balaban J connectivity index is 0.00000210. The Kier molecular flexibility index (Phi) is 6.25. The van der Waals surface area contributed by atoms with Gasteiger partial charge in [0, 0.05) is 30.6 Å². The van der Waals surface area contributed by atoms with E-state index in [0.717, 1.165) is 30.9 Å². The van der Waals surface area contributed by atoms with Gasteiger partial charge in [0.05, 0.1) is 20.3 Å². The molecule has 1 aliphatic heterocycles. The highest BCUT2D eigenvalue weighted by Crippen LogP contribution is 2.40. The van der Waals surface area contributed by atoms with Gasteiger partial charge in [-0.1, -0.05) is 0 Å². The number of nitrogens with zero attached hydrogens (tertiary/aromatic N) is 4. The number of carbonyl (C=O) groups is 1. The first kappa shape index (κ1) is 19.5. The van der Waals surface area contributed by atoms with Crippen LogP contribution in [0.2, 0.25) is 0 Å². The van der Waals surface area contributed by atoms with E-state index in [1.54, 1.807) is 11.8 Å². The summed E-state index contributed by atoms with van der Waals surface area (Å²) in [5, 5.41) is 18.3. The first-order valence-electron chi connectivity index (χ1n) is 8.82. The summed E-state index contributed by atoms with van der Waals surface area (Å²) in [5.41, 5.74) is 1.40. The Bertz CT molecular complexity index is 789. The van der Waals surface area contributed by atoms with Gasteiger partial charge in [0.2, 0.25) is 5.91 Å². The van der Waals surface area contributed by atoms with Crippen LogP contribution in [0.4, 0.5) is 5.69 Å². The Morgan fingerprint density at radius 3 is 3.00 bits per heavy atom. The lowest BCUT2D eigenvalue weighted by molar-refractivity contribution is -0.117. The molecule has 1 unspecified atom stereocenters. The van der Waals surface area contributed by atoms with Crippen molar-refractivity contribution in [2.24, 2.45) is 0 Å². The molecule has 1 aromatic heterocycles. The fraction of sp³-hybridized carbons (Fsp3) is 0.529. The molecule has 1 saturated heterocycles. The molecule has 27 heavy (non-hydrogen) atoms. The molecule has 1 atom stereocenters. The van der Waals surface area contributed by atoms with Crippen molar-refractivity contribution in [2.75, 3.05) is 32.2 Å². The third-order valence-electron chi connectivity index (χ3n) is 4.56. The first-order chi connectivity index (χ1) is 12.7. The summed E-state index contributed by atoms with van der Waals surface area (Å²) in [5.74, 6) is 1.81. The highest BCUT2D eigenvalue weighted by atomic mass is 35.5. The number of aromatic nitrogens is 4. The lowest BCUT2D eigenvalue weighted by Crippen LogP contribution is -2.43. The van der Waals surface area contributed by atoms with Crippen LogP contribution in [0, 0.1) is 0 Å². The van der Waals surface area contributed by atoms with Gasteiger partial charge in [-0.25, -0.2) is 0 Å². The average Bonchev–Trinajstić information content (AvgIpc) is 3.39. The van der Waals surface area contributed by atoms with E-state index in [1.807, 2.05) is 18.2 Å². The van der Waals surface area contributed by atoms with E-state index < -0.39 is 0 Å².